The van der Waals surface area contributed by atoms with Crippen molar-refractivity contribution in [1.82, 2.24) is 9.80 Å². The summed E-state index contributed by atoms with van der Waals surface area (Å²) < 4.78 is 0. The lowest BCUT2D eigenvalue weighted by Gasteiger charge is -2.36. The molecule has 3 nitrogen and oxygen atoms in total. The van der Waals surface area contributed by atoms with Crippen molar-refractivity contribution in [2.45, 2.75) is 51.2 Å². The van der Waals surface area contributed by atoms with Gasteiger partial charge in [0.1, 0.15) is 0 Å². The first-order valence-corrected chi connectivity index (χ1v) is 10.8. The molecule has 3 aliphatic heterocycles. The number of nitrogens with one attached hydrogen (secondary N) is 1. The molecule has 3 fully saturated rings. The molecule has 3 saturated heterocycles. The van der Waals surface area contributed by atoms with Crippen LogP contribution in [0.25, 0.3) is 0 Å². The van der Waals surface area contributed by atoms with Crippen LogP contribution in [0.2, 0.25) is 0 Å². The first-order chi connectivity index (χ1) is 11.8. The summed E-state index contributed by atoms with van der Waals surface area (Å²) in [7, 11) is 0. The first-order valence-electron chi connectivity index (χ1n) is 9.69. The lowest BCUT2D eigenvalue weighted by Crippen LogP contribution is -2.42. The number of rotatable bonds is 4. The maximum absolute atomic E-state index is 3.89. The summed E-state index contributed by atoms with van der Waals surface area (Å²) in [6, 6.07) is 8.34. The Morgan fingerprint density at radius 1 is 1.12 bits per heavy atom. The van der Waals surface area contributed by atoms with Gasteiger partial charge in [-0.1, -0.05) is 12.1 Å². The van der Waals surface area contributed by atoms with E-state index in [1.165, 1.54) is 80.2 Å². The molecule has 3 aliphatic rings. The van der Waals surface area contributed by atoms with Crippen molar-refractivity contribution in [3.63, 3.8) is 0 Å². The van der Waals surface area contributed by atoms with Crippen molar-refractivity contribution in [2.24, 2.45) is 0 Å². The van der Waals surface area contributed by atoms with Crippen LogP contribution in [-0.4, -0.2) is 59.6 Å². The predicted molar refractivity (Wildman–Crippen MR) is 105 cm³/mol. The molecule has 0 bridgehead atoms. The van der Waals surface area contributed by atoms with Crippen LogP contribution >= 0.6 is 11.8 Å². The molecule has 2 atom stereocenters. The molecular weight excluding hydrogens is 314 g/mol. The summed E-state index contributed by atoms with van der Waals surface area (Å²) in [5.41, 5.74) is 4.34. The monoisotopic (exact) mass is 345 g/mol. The average Bonchev–Trinajstić information content (AvgIpc) is 3.07. The zero-order chi connectivity index (χ0) is 16.4. The van der Waals surface area contributed by atoms with Crippen LogP contribution in [0.3, 0.4) is 0 Å². The lowest BCUT2D eigenvalue weighted by atomic mass is 9.96. The maximum atomic E-state index is 3.89. The Bertz CT molecular complexity index is 556. The highest BCUT2D eigenvalue weighted by molar-refractivity contribution is 7.99. The van der Waals surface area contributed by atoms with Gasteiger partial charge in [0, 0.05) is 55.5 Å². The van der Waals surface area contributed by atoms with Gasteiger partial charge in [-0.25, -0.2) is 0 Å². The third-order valence-corrected chi connectivity index (χ3v) is 7.07. The Morgan fingerprint density at radius 3 is 2.88 bits per heavy atom. The second-order valence-electron chi connectivity index (χ2n) is 7.68. The standard InChI is InChI=1S/C20H31N3S/c1-16-17(15-22-10-12-24-13-11-22)4-2-6-20(16)21-18-7-9-23-8-3-5-19(23)14-18/h2,4,6,18-19,21H,3,5,7-15H2,1H3/t18-,19+/m1/s1. The van der Waals surface area contributed by atoms with E-state index < -0.39 is 0 Å². The summed E-state index contributed by atoms with van der Waals surface area (Å²) >= 11 is 2.09. The normalized spacial score (nSPS) is 28.7. The lowest BCUT2D eigenvalue weighted by molar-refractivity contribution is 0.188. The Hall–Kier alpha value is -0.710. The summed E-state index contributed by atoms with van der Waals surface area (Å²) in [6.07, 6.45) is 5.43. The van der Waals surface area contributed by atoms with Gasteiger partial charge in [-0.15, -0.1) is 0 Å². The van der Waals surface area contributed by atoms with Gasteiger partial charge >= 0.3 is 0 Å². The molecule has 0 aliphatic carbocycles. The second-order valence-corrected chi connectivity index (χ2v) is 8.90. The van der Waals surface area contributed by atoms with Crippen molar-refractivity contribution in [2.75, 3.05) is 43.0 Å². The molecule has 24 heavy (non-hydrogen) atoms. The Balaban J connectivity index is 1.40. The summed E-state index contributed by atoms with van der Waals surface area (Å²) in [4.78, 5) is 5.31. The fourth-order valence-corrected chi connectivity index (χ4v) is 5.57. The molecule has 4 heteroatoms. The quantitative estimate of drug-likeness (QED) is 0.898. The van der Waals surface area contributed by atoms with E-state index in [1.54, 1.807) is 0 Å². The third kappa shape index (κ3) is 3.76. The van der Waals surface area contributed by atoms with E-state index in [2.05, 4.69) is 52.0 Å². The molecule has 0 amide bonds. The topological polar surface area (TPSA) is 18.5 Å². The molecular formula is C20H31N3S. The van der Waals surface area contributed by atoms with Crippen LogP contribution in [0.4, 0.5) is 5.69 Å². The highest BCUT2D eigenvalue weighted by Crippen LogP contribution is 2.30. The van der Waals surface area contributed by atoms with Crippen LogP contribution in [0.5, 0.6) is 0 Å². The van der Waals surface area contributed by atoms with Gasteiger partial charge in [0.25, 0.3) is 0 Å². The molecule has 0 saturated carbocycles. The summed E-state index contributed by atoms with van der Waals surface area (Å²) in [5, 5.41) is 3.89. The zero-order valence-corrected chi connectivity index (χ0v) is 15.8. The van der Waals surface area contributed by atoms with Crippen molar-refractivity contribution >= 4 is 17.4 Å². The van der Waals surface area contributed by atoms with Crippen LogP contribution in [0.15, 0.2) is 18.2 Å². The zero-order valence-electron chi connectivity index (χ0n) is 15.0. The summed E-state index contributed by atoms with van der Waals surface area (Å²) in [6.45, 7) is 8.51. The van der Waals surface area contributed by atoms with Crippen LogP contribution < -0.4 is 5.32 Å². The van der Waals surface area contributed by atoms with Gasteiger partial charge in [-0.3, -0.25) is 4.90 Å². The van der Waals surface area contributed by atoms with E-state index in [1.807, 2.05) is 0 Å². The second kappa shape index (κ2) is 7.67. The van der Waals surface area contributed by atoms with Crippen molar-refractivity contribution in [3.05, 3.63) is 29.3 Å². The molecule has 4 rings (SSSR count). The van der Waals surface area contributed by atoms with Gasteiger partial charge in [0.2, 0.25) is 0 Å². The number of benzene rings is 1. The smallest absolute Gasteiger partial charge is 0.0375 e. The van der Waals surface area contributed by atoms with Gasteiger partial charge in [-0.05, 0) is 56.3 Å². The first kappa shape index (κ1) is 16.7. The molecule has 0 spiro atoms. The molecule has 0 unspecified atom stereocenters. The summed E-state index contributed by atoms with van der Waals surface area (Å²) in [5.74, 6) is 2.58. The SMILES string of the molecule is Cc1c(CN2CCSCC2)cccc1N[C@@H]1CCN2CCC[C@H]2C1. The van der Waals surface area contributed by atoms with E-state index in [0.717, 1.165) is 12.6 Å². The molecule has 0 aromatic heterocycles. The Kier molecular flexibility index (Phi) is 5.35. The number of fused-ring (bicyclic) bond motifs is 1. The fourth-order valence-electron chi connectivity index (χ4n) is 4.59. The number of piperidine rings is 1. The molecule has 1 aromatic carbocycles. The highest BCUT2D eigenvalue weighted by Gasteiger charge is 2.31. The van der Waals surface area contributed by atoms with Crippen molar-refractivity contribution in [3.8, 4) is 0 Å². The average molecular weight is 346 g/mol. The van der Waals surface area contributed by atoms with E-state index in [9.17, 15) is 0 Å². The molecule has 0 radical (unpaired) electrons. The van der Waals surface area contributed by atoms with Crippen LogP contribution in [0.1, 0.15) is 36.8 Å². The third-order valence-electron chi connectivity index (χ3n) is 6.12. The van der Waals surface area contributed by atoms with Crippen LogP contribution in [0, 0.1) is 6.92 Å². The Morgan fingerprint density at radius 2 is 2.00 bits per heavy atom. The number of hydrogen-bond acceptors (Lipinski definition) is 4. The van der Waals surface area contributed by atoms with Crippen molar-refractivity contribution < 1.29 is 0 Å². The largest absolute Gasteiger partial charge is 0.382 e. The van der Waals surface area contributed by atoms with E-state index in [4.69, 9.17) is 0 Å². The van der Waals surface area contributed by atoms with Gasteiger partial charge < -0.3 is 10.2 Å². The van der Waals surface area contributed by atoms with Gasteiger partial charge in [0.15, 0.2) is 0 Å². The minimum Gasteiger partial charge on any atom is -0.382 e. The molecule has 3 heterocycles. The maximum Gasteiger partial charge on any atom is 0.0375 e. The van der Waals surface area contributed by atoms with E-state index in [-0.39, 0.29) is 0 Å². The molecule has 1 N–H and O–H groups in total. The van der Waals surface area contributed by atoms with E-state index in [0.29, 0.717) is 6.04 Å². The predicted octanol–water partition coefficient (Wildman–Crippen LogP) is 3.58. The van der Waals surface area contributed by atoms with E-state index >= 15 is 0 Å². The van der Waals surface area contributed by atoms with Crippen LogP contribution in [-0.2, 0) is 6.54 Å². The fraction of sp³-hybridized carbons (Fsp3) is 0.700. The van der Waals surface area contributed by atoms with Crippen molar-refractivity contribution in [1.29, 1.82) is 0 Å². The number of thioether (sulfide) groups is 1. The minimum absolute atomic E-state index is 0.657. The highest BCUT2D eigenvalue weighted by atomic mass is 32.2. The van der Waals surface area contributed by atoms with Gasteiger partial charge in [-0.2, -0.15) is 11.8 Å². The number of hydrogen-bond donors (Lipinski definition) is 1. The molecule has 132 valence electrons. The minimum atomic E-state index is 0.657. The number of anilines is 1. The molecule has 1 aromatic rings. The Labute approximate surface area is 151 Å². The number of nitrogens with zero attached hydrogens (tertiary/aromatic N) is 2. The van der Waals surface area contributed by atoms with Gasteiger partial charge in [0.05, 0.1) is 0 Å².